The van der Waals surface area contributed by atoms with Gasteiger partial charge in [-0.3, -0.25) is 4.79 Å². The molecule has 1 amide bonds. The van der Waals surface area contributed by atoms with Gasteiger partial charge in [0.2, 0.25) is 0 Å². The predicted molar refractivity (Wildman–Crippen MR) is 68.6 cm³/mol. The Morgan fingerprint density at radius 1 is 1.37 bits per heavy atom. The van der Waals surface area contributed by atoms with E-state index in [9.17, 15) is 4.79 Å². The minimum absolute atomic E-state index is 0.252. The molecule has 0 saturated heterocycles. The molecule has 0 atom stereocenters. The zero-order valence-corrected chi connectivity index (χ0v) is 10.8. The highest BCUT2D eigenvalue weighted by atomic mass is 16.1. The van der Waals surface area contributed by atoms with Crippen LogP contribution in [0.15, 0.2) is 18.7 Å². The van der Waals surface area contributed by atoms with E-state index in [1.807, 2.05) is 11.6 Å². The minimum Gasteiger partial charge on any atom is -0.372 e. The van der Waals surface area contributed by atoms with Crippen LogP contribution in [0.5, 0.6) is 0 Å². The van der Waals surface area contributed by atoms with Crippen molar-refractivity contribution in [3.63, 3.8) is 0 Å². The molecule has 2 rings (SSSR count). The molecular weight excluding hydrogens is 246 g/mol. The van der Waals surface area contributed by atoms with Gasteiger partial charge in [-0.15, -0.1) is 10.2 Å². The second-order valence-corrected chi connectivity index (χ2v) is 3.90. The van der Waals surface area contributed by atoms with Crippen LogP contribution < -0.4 is 10.6 Å². The van der Waals surface area contributed by atoms with Gasteiger partial charge in [0.1, 0.15) is 23.7 Å². The van der Waals surface area contributed by atoms with Crippen LogP contribution in [0.4, 0.5) is 5.82 Å². The van der Waals surface area contributed by atoms with Gasteiger partial charge in [-0.25, -0.2) is 9.97 Å². The van der Waals surface area contributed by atoms with Crippen molar-refractivity contribution >= 4 is 11.7 Å². The van der Waals surface area contributed by atoms with E-state index in [2.05, 4.69) is 30.8 Å². The number of hydrogen-bond acceptors (Lipinski definition) is 6. The Bertz CT molecular complexity index is 548. The summed E-state index contributed by atoms with van der Waals surface area (Å²) >= 11 is 0. The second-order valence-electron chi connectivity index (χ2n) is 3.90. The van der Waals surface area contributed by atoms with Crippen molar-refractivity contribution in [2.45, 2.75) is 6.42 Å². The third kappa shape index (κ3) is 3.24. The number of anilines is 1. The van der Waals surface area contributed by atoms with Gasteiger partial charge in [-0.05, 0) is 0 Å². The van der Waals surface area contributed by atoms with Crippen LogP contribution in [0.2, 0.25) is 0 Å². The highest BCUT2D eigenvalue weighted by Gasteiger charge is 2.08. The van der Waals surface area contributed by atoms with Gasteiger partial charge >= 0.3 is 0 Å². The lowest BCUT2D eigenvalue weighted by molar-refractivity contribution is 0.0948. The lowest BCUT2D eigenvalue weighted by atomic mass is 10.3. The topological polar surface area (TPSA) is 97.6 Å². The highest BCUT2D eigenvalue weighted by molar-refractivity contribution is 5.91. The lowest BCUT2D eigenvalue weighted by Gasteiger charge is -2.04. The predicted octanol–water partition coefficient (Wildman–Crippen LogP) is -0.381. The van der Waals surface area contributed by atoms with Crippen molar-refractivity contribution in [2.75, 3.05) is 18.9 Å². The number of nitrogens with one attached hydrogen (secondary N) is 2. The van der Waals surface area contributed by atoms with Gasteiger partial charge in [-0.2, -0.15) is 0 Å². The van der Waals surface area contributed by atoms with E-state index in [0.29, 0.717) is 18.8 Å². The summed E-state index contributed by atoms with van der Waals surface area (Å²) in [5, 5.41) is 13.3. The first-order valence-corrected chi connectivity index (χ1v) is 5.81. The zero-order chi connectivity index (χ0) is 13.7. The van der Waals surface area contributed by atoms with Gasteiger partial charge in [0.15, 0.2) is 0 Å². The van der Waals surface area contributed by atoms with Crippen LogP contribution in [0.3, 0.4) is 0 Å². The first-order valence-electron chi connectivity index (χ1n) is 5.81. The number of nitrogens with zero attached hydrogens (tertiary/aromatic N) is 5. The molecule has 0 aliphatic carbocycles. The fourth-order valence-corrected chi connectivity index (χ4v) is 1.49. The number of aromatic nitrogens is 5. The SMILES string of the molecule is CNc1cnc(C(=O)NCCc2nncn2C)cn1. The molecule has 0 fully saturated rings. The lowest BCUT2D eigenvalue weighted by Crippen LogP contribution is -2.27. The third-order valence-electron chi connectivity index (χ3n) is 2.58. The number of hydrogen-bond donors (Lipinski definition) is 2. The minimum atomic E-state index is -0.252. The molecule has 0 aliphatic rings. The fraction of sp³-hybridized carbons (Fsp3) is 0.364. The molecule has 0 spiro atoms. The van der Waals surface area contributed by atoms with E-state index >= 15 is 0 Å². The standard InChI is InChI=1S/C11H15N7O/c1-12-9-6-14-8(5-15-9)11(19)13-4-3-10-17-16-7-18(10)2/h5-7H,3-4H2,1-2H3,(H,12,15)(H,13,19). The molecule has 0 unspecified atom stereocenters. The molecule has 2 heterocycles. The maximum Gasteiger partial charge on any atom is 0.271 e. The summed E-state index contributed by atoms with van der Waals surface area (Å²) in [6.07, 6.45) is 5.18. The third-order valence-corrected chi connectivity index (χ3v) is 2.58. The zero-order valence-electron chi connectivity index (χ0n) is 10.8. The van der Waals surface area contributed by atoms with Crippen LogP contribution in [-0.2, 0) is 13.5 Å². The van der Waals surface area contributed by atoms with Crippen molar-refractivity contribution in [1.29, 1.82) is 0 Å². The highest BCUT2D eigenvalue weighted by Crippen LogP contribution is 1.99. The maximum atomic E-state index is 11.8. The second kappa shape index (κ2) is 5.89. The average Bonchev–Trinajstić information content (AvgIpc) is 2.84. The van der Waals surface area contributed by atoms with Crippen molar-refractivity contribution in [2.24, 2.45) is 7.05 Å². The number of carbonyl (C=O) groups is 1. The van der Waals surface area contributed by atoms with Gasteiger partial charge in [0, 0.05) is 27.1 Å². The van der Waals surface area contributed by atoms with Crippen molar-refractivity contribution < 1.29 is 4.79 Å². The Balaban J connectivity index is 1.85. The van der Waals surface area contributed by atoms with E-state index in [0.717, 1.165) is 5.82 Å². The molecule has 100 valence electrons. The first kappa shape index (κ1) is 12.9. The molecule has 2 aromatic rings. The van der Waals surface area contributed by atoms with Crippen LogP contribution in [-0.4, -0.2) is 44.2 Å². The number of rotatable bonds is 5. The van der Waals surface area contributed by atoms with E-state index in [4.69, 9.17) is 0 Å². The largest absolute Gasteiger partial charge is 0.372 e. The summed E-state index contributed by atoms with van der Waals surface area (Å²) in [5.41, 5.74) is 0.289. The van der Waals surface area contributed by atoms with Crippen LogP contribution in [0.25, 0.3) is 0 Å². The molecule has 19 heavy (non-hydrogen) atoms. The molecule has 0 radical (unpaired) electrons. The molecule has 0 saturated carbocycles. The fourth-order valence-electron chi connectivity index (χ4n) is 1.49. The Kier molecular flexibility index (Phi) is 4.01. The summed E-state index contributed by atoms with van der Waals surface area (Å²) in [6, 6.07) is 0. The Morgan fingerprint density at radius 3 is 2.79 bits per heavy atom. The quantitative estimate of drug-likeness (QED) is 0.761. The van der Waals surface area contributed by atoms with Crippen molar-refractivity contribution in [1.82, 2.24) is 30.0 Å². The Hall–Kier alpha value is -2.51. The molecule has 8 nitrogen and oxygen atoms in total. The van der Waals surface area contributed by atoms with E-state index in [1.165, 1.54) is 12.4 Å². The van der Waals surface area contributed by atoms with Crippen LogP contribution >= 0.6 is 0 Å². The first-order chi connectivity index (χ1) is 9.20. The molecule has 0 aromatic carbocycles. The van der Waals surface area contributed by atoms with Gasteiger partial charge in [0.05, 0.1) is 12.4 Å². The van der Waals surface area contributed by atoms with Crippen molar-refractivity contribution in [3.05, 3.63) is 30.2 Å². The molecule has 2 aromatic heterocycles. The summed E-state index contributed by atoms with van der Waals surface area (Å²) in [7, 11) is 3.60. The summed E-state index contributed by atoms with van der Waals surface area (Å²) < 4.78 is 1.81. The Labute approximate surface area is 110 Å². The molecule has 8 heteroatoms. The number of amides is 1. The van der Waals surface area contributed by atoms with Gasteiger partial charge in [-0.1, -0.05) is 0 Å². The van der Waals surface area contributed by atoms with E-state index < -0.39 is 0 Å². The normalized spacial score (nSPS) is 10.2. The summed E-state index contributed by atoms with van der Waals surface area (Å²) in [5.74, 6) is 1.19. The number of carbonyl (C=O) groups excluding carboxylic acids is 1. The monoisotopic (exact) mass is 261 g/mol. The van der Waals surface area contributed by atoms with Crippen LogP contribution in [0.1, 0.15) is 16.3 Å². The van der Waals surface area contributed by atoms with E-state index in [-0.39, 0.29) is 11.6 Å². The summed E-state index contributed by atoms with van der Waals surface area (Å²) in [6.45, 7) is 0.473. The smallest absolute Gasteiger partial charge is 0.271 e. The van der Waals surface area contributed by atoms with Crippen molar-refractivity contribution in [3.8, 4) is 0 Å². The maximum absolute atomic E-state index is 11.8. The summed E-state index contributed by atoms with van der Waals surface area (Å²) in [4.78, 5) is 19.8. The van der Waals surface area contributed by atoms with Gasteiger partial charge < -0.3 is 15.2 Å². The molecule has 0 bridgehead atoms. The average molecular weight is 261 g/mol. The molecular formula is C11H15N7O. The van der Waals surface area contributed by atoms with Crippen LogP contribution in [0, 0.1) is 0 Å². The number of aryl methyl sites for hydroxylation is 1. The molecule has 0 aliphatic heterocycles. The van der Waals surface area contributed by atoms with Gasteiger partial charge in [0.25, 0.3) is 5.91 Å². The van der Waals surface area contributed by atoms with E-state index in [1.54, 1.807) is 13.4 Å². The molecule has 2 N–H and O–H groups in total. The Morgan fingerprint density at radius 2 is 2.21 bits per heavy atom.